The van der Waals surface area contributed by atoms with Crippen LogP contribution in [0.5, 0.6) is 5.75 Å². The molecule has 2 aliphatic rings. The summed E-state index contributed by atoms with van der Waals surface area (Å²) in [5.41, 5.74) is -0.601. The van der Waals surface area contributed by atoms with Crippen LogP contribution in [0.4, 0.5) is 17.1 Å². The number of benzene rings is 4. The highest BCUT2D eigenvalue weighted by atomic mass is 35.5. The van der Waals surface area contributed by atoms with Crippen molar-refractivity contribution in [1.29, 1.82) is 0 Å². The van der Waals surface area contributed by atoms with Crippen LogP contribution in [0, 0.1) is 20.2 Å². The lowest BCUT2D eigenvalue weighted by molar-refractivity contribution is -0.393. The molecule has 264 valence electrons. The number of phenols is 1. The van der Waals surface area contributed by atoms with Gasteiger partial charge in [-0.05, 0) is 42.0 Å². The fraction of sp³-hybridized carbons (Fsp3) is 0.182. The van der Waals surface area contributed by atoms with E-state index >= 15 is 0 Å². The summed E-state index contributed by atoms with van der Waals surface area (Å²) in [5.74, 6) is -2.08. The second kappa shape index (κ2) is 15.8. The van der Waals surface area contributed by atoms with Crippen LogP contribution in [0.25, 0.3) is 33.4 Å². The molecular weight excluding hydrogens is 715 g/mol. The third-order valence-corrected chi connectivity index (χ3v) is 8.08. The van der Waals surface area contributed by atoms with Crippen LogP contribution in [-0.4, -0.2) is 71.5 Å². The number of hydrogen-bond acceptors (Lipinski definition) is 12. The molecular formula is C33H26Cl2N4O12. The number of aromatic hydroxyl groups is 1. The van der Waals surface area contributed by atoms with E-state index in [4.69, 9.17) is 37.1 Å². The summed E-state index contributed by atoms with van der Waals surface area (Å²) in [6.45, 7) is 0.866. The van der Waals surface area contributed by atoms with Gasteiger partial charge in [0.15, 0.2) is 0 Å². The molecule has 0 saturated carbocycles. The van der Waals surface area contributed by atoms with Crippen LogP contribution in [0.3, 0.4) is 0 Å². The molecule has 0 atom stereocenters. The topological polar surface area (TPSA) is 234 Å². The molecule has 16 nitrogen and oxygen atoms in total. The first-order valence-corrected chi connectivity index (χ1v) is 15.7. The standard InChI is InChI=1S/C33H26Cl2N4O12/c34-23-13-21-29(15-27(23)40)51-30-16-28(41)24(35)14-22(30)31(21)20-11-17(1-3-19(20)33(43)44)32(42)37-6-8-50-10-9-49-7-5-36-25-4-2-18(38(45)46)12-26(25)39(47)48/h1-4,11-16,36,40H,5-10H2,(H,37,42)(H,43,44). The molecule has 1 amide bonds. The number of carboxylic acids is 1. The maximum Gasteiger partial charge on any atom is 0.336 e. The first-order valence-electron chi connectivity index (χ1n) is 14.9. The average Bonchev–Trinajstić information content (AvgIpc) is 3.09. The number of nitrogens with one attached hydrogen (secondary N) is 2. The molecule has 3 aromatic rings. The van der Waals surface area contributed by atoms with Crippen LogP contribution in [0.1, 0.15) is 20.7 Å². The third-order valence-electron chi connectivity index (χ3n) is 7.48. The van der Waals surface area contributed by atoms with E-state index in [9.17, 15) is 44.8 Å². The first kappa shape index (κ1) is 36.5. The Balaban J connectivity index is 1.20. The van der Waals surface area contributed by atoms with Crippen LogP contribution in [0.2, 0.25) is 10.0 Å². The highest BCUT2D eigenvalue weighted by Crippen LogP contribution is 2.44. The lowest BCUT2D eigenvalue weighted by Crippen LogP contribution is -2.27. The molecule has 1 aliphatic carbocycles. The van der Waals surface area contributed by atoms with E-state index in [-0.39, 0.29) is 100 Å². The Labute approximate surface area is 296 Å². The molecule has 0 radical (unpaired) electrons. The first-order chi connectivity index (χ1) is 24.3. The maximum atomic E-state index is 13.1. The third kappa shape index (κ3) is 8.33. The number of aromatic carboxylic acids is 1. The van der Waals surface area contributed by atoms with Crippen molar-refractivity contribution >= 4 is 63.1 Å². The summed E-state index contributed by atoms with van der Waals surface area (Å²) >= 11 is 12.4. The van der Waals surface area contributed by atoms with Crippen molar-refractivity contribution in [3.05, 3.63) is 112 Å². The van der Waals surface area contributed by atoms with E-state index in [1.54, 1.807) is 0 Å². The number of nitro benzene ring substituents is 2. The molecule has 0 spiro atoms. The van der Waals surface area contributed by atoms with E-state index in [1.807, 2.05) is 0 Å². The molecule has 18 heteroatoms. The molecule has 0 aromatic heterocycles. The zero-order valence-electron chi connectivity index (χ0n) is 26.1. The number of non-ortho nitro benzene ring substituents is 1. The van der Waals surface area contributed by atoms with Gasteiger partial charge in [-0.25, -0.2) is 4.79 Å². The van der Waals surface area contributed by atoms with E-state index in [0.29, 0.717) is 5.39 Å². The number of halogens is 2. The van der Waals surface area contributed by atoms with Crippen molar-refractivity contribution in [2.24, 2.45) is 0 Å². The van der Waals surface area contributed by atoms with Crippen LogP contribution in [0.15, 0.2) is 69.9 Å². The minimum absolute atomic E-state index is 0.0498. The molecule has 3 aromatic carbocycles. The molecule has 51 heavy (non-hydrogen) atoms. The van der Waals surface area contributed by atoms with Gasteiger partial charge < -0.3 is 34.7 Å². The van der Waals surface area contributed by atoms with Gasteiger partial charge in [0, 0.05) is 53.4 Å². The van der Waals surface area contributed by atoms with Gasteiger partial charge in [-0.1, -0.05) is 23.2 Å². The summed E-state index contributed by atoms with van der Waals surface area (Å²) in [4.78, 5) is 58.5. The Bertz CT molecular complexity index is 2210. The van der Waals surface area contributed by atoms with Crippen LogP contribution >= 0.6 is 23.2 Å². The number of fused-ring (bicyclic) bond motifs is 2. The highest BCUT2D eigenvalue weighted by Gasteiger charge is 2.25. The smallest absolute Gasteiger partial charge is 0.336 e. The maximum absolute atomic E-state index is 13.1. The number of hydrogen-bond donors (Lipinski definition) is 4. The Morgan fingerprint density at radius 2 is 1.57 bits per heavy atom. The zero-order chi connectivity index (χ0) is 36.8. The Kier molecular flexibility index (Phi) is 11.3. The normalized spacial score (nSPS) is 11.1. The van der Waals surface area contributed by atoms with Crippen molar-refractivity contribution in [3.63, 3.8) is 0 Å². The van der Waals surface area contributed by atoms with E-state index in [2.05, 4.69) is 10.6 Å². The average molecular weight is 741 g/mol. The van der Waals surface area contributed by atoms with Crippen molar-refractivity contribution < 1.29 is 43.5 Å². The van der Waals surface area contributed by atoms with Gasteiger partial charge in [0.1, 0.15) is 22.8 Å². The molecule has 0 bridgehead atoms. The largest absolute Gasteiger partial charge is 0.506 e. The minimum atomic E-state index is -1.30. The lowest BCUT2D eigenvalue weighted by atomic mass is 9.89. The van der Waals surface area contributed by atoms with Gasteiger partial charge >= 0.3 is 5.97 Å². The number of rotatable bonds is 15. The zero-order valence-corrected chi connectivity index (χ0v) is 27.7. The summed E-state index contributed by atoms with van der Waals surface area (Å²) in [6, 6.07) is 12.3. The number of nitro groups is 2. The van der Waals surface area contributed by atoms with Crippen molar-refractivity contribution in [2.45, 2.75) is 0 Å². The molecule has 1 heterocycles. The number of carboxylic acid groups (broad SMARTS) is 1. The number of anilines is 1. The minimum Gasteiger partial charge on any atom is -0.506 e. The summed E-state index contributed by atoms with van der Waals surface area (Å²) in [7, 11) is 0. The van der Waals surface area contributed by atoms with Gasteiger partial charge in [0.2, 0.25) is 5.43 Å². The van der Waals surface area contributed by atoms with Gasteiger partial charge in [-0.3, -0.25) is 29.8 Å². The Morgan fingerprint density at radius 1 is 0.843 bits per heavy atom. The Morgan fingerprint density at radius 3 is 2.25 bits per heavy atom. The lowest BCUT2D eigenvalue weighted by Gasteiger charge is -2.18. The monoisotopic (exact) mass is 740 g/mol. The van der Waals surface area contributed by atoms with E-state index < -0.39 is 38.5 Å². The van der Waals surface area contributed by atoms with Gasteiger partial charge in [0.05, 0.1) is 57.9 Å². The number of carbonyl (C=O) groups excluding carboxylic acids is 1. The number of amides is 1. The van der Waals surface area contributed by atoms with E-state index in [1.165, 1.54) is 42.5 Å². The summed E-state index contributed by atoms with van der Waals surface area (Å²) < 4.78 is 16.8. The van der Waals surface area contributed by atoms with Crippen LogP contribution < -0.4 is 16.1 Å². The van der Waals surface area contributed by atoms with Gasteiger partial charge in [-0.2, -0.15) is 0 Å². The highest BCUT2D eigenvalue weighted by molar-refractivity contribution is 6.33. The molecule has 4 N–H and O–H groups in total. The molecule has 0 unspecified atom stereocenters. The summed E-state index contributed by atoms with van der Waals surface area (Å²) in [5, 5.41) is 48.0. The molecule has 5 rings (SSSR count). The van der Waals surface area contributed by atoms with Gasteiger partial charge in [-0.15, -0.1) is 0 Å². The predicted molar refractivity (Wildman–Crippen MR) is 185 cm³/mol. The number of phenolic OH excluding ortho intramolecular Hbond substituents is 1. The van der Waals surface area contributed by atoms with Gasteiger partial charge in [0.25, 0.3) is 17.3 Å². The van der Waals surface area contributed by atoms with E-state index in [0.717, 1.165) is 18.2 Å². The second-order valence-corrected chi connectivity index (χ2v) is 11.6. The second-order valence-electron chi connectivity index (χ2n) is 10.7. The molecule has 0 fully saturated rings. The fourth-order valence-corrected chi connectivity index (χ4v) is 5.45. The summed E-state index contributed by atoms with van der Waals surface area (Å²) in [6.07, 6.45) is 0. The van der Waals surface area contributed by atoms with Crippen molar-refractivity contribution in [2.75, 3.05) is 44.8 Å². The fourth-order valence-electron chi connectivity index (χ4n) is 5.12. The quantitative estimate of drug-likeness (QED) is 0.0420. The molecule has 0 saturated heterocycles. The predicted octanol–water partition coefficient (Wildman–Crippen LogP) is 5.97. The van der Waals surface area contributed by atoms with Crippen molar-refractivity contribution in [1.82, 2.24) is 5.32 Å². The number of carbonyl (C=O) groups is 2. The molecule has 1 aliphatic heterocycles. The number of nitrogens with zero attached hydrogens (tertiary/aromatic N) is 2. The number of ether oxygens (including phenoxy) is 2. The van der Waals surface area contributed by atoms with Crippen molar-refractivity contribution in [3.8, 4) is 28.2 Å². The Hall–Kier alpha value is -5.81. The van der Waals surface area contributed by atoms with Crippen LogP contribution in [-0.2, 0) is 9.47 Å². The SMILES string of the molecule is O=C(NCCOCCOCCNc1ccc([N+](=O)[O-])cc1[N+](=O)[O-])c1ccc(C(=O)O)c(-c2c3cc(Cl)c(=O)cc-3oc3cc(O)c(Cl)cc23)c1.